The minimum atomic E-state index is -0.132. The number of nitrogens with zero attached hydrogens (tertiary/aromatic N) is 1. The first-order chi connectivity index (χ1) is 12.2. The van der Waals surface area contributed by atoms with Gasteiger partial charge in [-0.3, -0.25) is 9.59 Å². The SMILES string of the molecule is O=C(Nc1ccc2c(c1)N(C(=O)C1CCCC1)CC2)c1ccccc1. The molecule has 1 fully saturated rings. The van der Waals surface area contributed by atoms with Crippen molar-refractivity contribution in [2.45, 2.75) is 32.1 Å². The second-order valence-corrected chi connectivity index (χ2v) is 6.88. The molecule has 0 bridgehead atoms. The van der Waals surface area contributed by atoms with Crippen molar-refractivity contribution in [3.8, 4) is 0 Å². The predicted molar refractivity (Wildman–Crippen MR) is 98.9 cm³/mol. The van der Waals surface area contributed by atoms with E-state index in [-0.39, 0.29) is 17.7 Å². The lowest BCUT2D eigenvalue weighted by atomic mass is 10.1. The molecule has 4 heteroatoms. The van der Waals surface area contributed by atoms with Crippen LogP contribution < -0.4 is 10.2 Å². The highest BCUT2D eigenvalue weighted by Gasteiger charge is 2.31. The molecule has 1 N–H and O–H groups in total. The van der Waals surface area contributed by atoms with Crippen LogP contribution in [-0.4, -0.2) is 18.4 Å². The van der Waals surface area contributed by atoms with Crippen LogP contribution in [0.25, 0.3) is 0 Å². The van der Waals surface area contributed by atoms with E-state index in [2.05, 4.69) is 5.32 Å². The molecule has 0 radical (unpaired) electrons. The number of amides is 2. The molecule has 0 aromatic heterocycles. The van der Waals surface area contributed by atoms with E-state index in [4.69, 9.17) is 0 Å². The van der Waals surface area contributed by atoms with Gasteiger partial charge in [-0.15, -0.1) is 0 Å². The van der Waals surface area contributed by atoms with Crippen LogP contribution in [0.15, 0.2) is 48.5 Å². The molecular weight excluding hydrogens is 312 g/mol. The molecule has 2 aromatic rings. The Hall–Kier alpha value is -2.62. The van der Waals surface area contributed by atoms with E-state index >= 15 is 0 Å². The van der Waals surface area contributed by atoms with Gasteiger partial charge in [-0.2, -0.15) is 0 Å². The summed E-state index contributed by atoms with van der Waals surface area (Å²) < 4.78 is 0. The van der Waals surface area contributed by atoms with E-state index in [0.29, 0.717) is 5.56 Å². The second-order valence-electron chi connectivity index (χ2n) is 6.88. The fourth-order valence-electron chi connectivity index (χ4n) is 3.87. The van der Waals surface area contributed by atoms with Crippen molar-refractivity contribution >= 4 is 23.2 Å². The zero-order valence-corrected chi connectivity index (χ0v) is 14.2. The third kappa shape index (κ3) is 3.16. The first-order valence-electron chi connectivity index (χ1n) is 9.03. The second kappa shape index (κ2) is 6.71. The van der Waals surface area contributed by atoms with Crippen molar-refractivity contribution in [3.63, 3.8) is 0 Å². The molecular formula is C21H22N2O2. The van der Waals surface area contributed by atoms with Crippen molar-refractivity contribution in [2.75, 3.05) is 16.8 Å². The molecule has 4 rings (SSSR count). The van der Waals surface area contributed by atoms with E-state index in [9.17, 15) is 9.59 Å². The Bertz CT molecular complexity index is 795. The number of anilines is 2. The lowest BCUT2D eigenvalue weighted by Gasteiger charge is -2.21. The Labute approximate surface area is 147 Å². The summed E-state index contributed by atoms with van der Waals surface area (Å²) in [6.07, 6.45) is 5.22. The fraction of sp³-hybridized carbons (Fsp3) is 0.333. The molecule has 1 heterocycles. The molecule has 25 heavy (non-hydrogen) atoms. The molecule has 0 spiro atoms. The van der Waals surface area contributed by atoms with E-state index in [1.165, 1.54) is 5.56 Å². The molecule has 2 amide bonds. The Morgan fingerprint density at radius 2 is 1.76 bits per heavy atom. The highest BCUT2D eigenvalue weighted by Crippen LogP contribution is 2.35. The average molecular weight is 334 g/mol. The highest BCUT2D eigenvalue weighted by molar-refractivity contribution is 6.05. The van der Waals surface area contributed by atoms with Crippen molar-refractivity contribution < 1.29 is 9.59 Å². The van der Waals surface area contributed by atoms with Gasteiger partial charge < -0.3 is 10.2 Å². The first kappa shape index (κ1) is 15.9. The minimum Gasteiger partial charge on any atom is -0.322 e. The minimum absolute atomic E-state index is 0.132. The summed E-state index contributed by atoms with van der Waals surface area (Å²) in [7, 11) is 0. The van der Waals surface area contributed by atoms with Crippen molar-refractivity contribution in [3.05, 3.63) is 59.7 Å². The number of benzene rings is 2. The molecule has 1 saturated carbocycles. The van der Waals surface area contributed by atoms with Crippen LogP contribution in [0.4, 0.5) is 11.4 Å². The lowest BCUT2D eigenvalue weighted by molar-refractivity contribution is -0.122. The highest BCUT2D eigenvalue weighted by atomic mass is 16.2. The van der Waals surface area contributed by atoms with E-state index in [0.717, 1.165) is 50.0 Å². The fourth-order valence-corrected chi connectivity index (χ4v) is 3.87. The van der Waals surface area contributed by atoms with Crippen LogP contribution in [-0.2, 0) is 11.2 Å². The third-order valence-electron chi connectivity index (χ3n) is 5.25. The van der Waals surface area contributed by atoms with Gasteiger partial charge in [-0.05, 0) is 49.1 Å². The summed E-state index contributed by atoms with van der Waals surface area (Å²) in [5.74, 6) is 0.295. The topological polar surface area (TPSA) is 49.4 Å². The third-order valence-corrected chi connectivity index (χ3v) is 5.25. The van der Waals surface area contributed by atoms with Crippen LogP contribution in [0.1, 0.15) is 41.6 Å². The summed E-state index contributed by atoms with van der Waals surface area (Å²) in [4.78, 5) is 27.1. The maximum Gasteiger partial charge on any atom is 0.255 e. The molecule has 4 nitrogen and oxygen atoms in total. The quantitative estimate of drug-likeness (QED) is 0.922. The van der Waals surface area contributed by atoms with Gasteiger partial charge in [0.25, 0.3) is 5.91 Å². The Morgan fingerprint density at radius 3 is 2.52 bits per heavy atom. The maximum absolute atomic E-state index is 12.8. The van der Waals surface area contributed by atoms with Crippen molar-refractivity contribution in [1.29, 1.82) is 0 Å². The molecule has 2 aromatic carbocycles. The molecule has 1 aliphatic carbocycles. The Morgan fingerprint density at radius 1 is 1.00 bits per heavy atom. The molecule has 2 aliphatic rings. The molecule has 0 saturated heterocycles. The monoisotopic (exact) mass is 334 g/mol. The summed E-state index contributed by atoms with van der Waals surface area (Å²) in [6, 6.07) is 15.0. The van der Waals surface area contributed by atoms with Gasteiger partial charge in [0.2, 0.25) is 5.91 Å². The van der Waals surface area contributed by atoms with Gasteiger partial charge >= 0.3 is 0 Å². The Kier molecular flexibility index (Phi) is 4.26. The number of hydrogen-bond donors (Lipinski definition) is 1. The standard InChI is InChI=1S/C21H22N2O2/c24-20(16-6-2-1-3-7-16)22-18-11-10-15-12-13-23(19(15)14-18)21(25)17-8-4-5-9-17/h1-3,6-7,10-11,14,17H,4-5,8-9,12-13H2,(H,22,24). The number of rotatable bonds is 3. The predicted octanol–water partition coefficient (Wildman–Crippen LogP) is 4.02. The van der Waals surface area contributed by atoms with Crippen LogP contribution in [0.5, 0.6) is 0 Å². The van der Waals surface area contributed by atoms with Crippen LogP contribution in [0.2, 0.25) is 0 Å². The van der Waals surface area contributed by atoms with E-state index in [1.54, 1.807) is 12.1 Å². The lowest BCUT2D eigenvalue weighted by Crippen LogP contribution is -2.33. The molecule has 128 valence electrons. The van der Waals surface area contributed by atoms with Crippen LogP contribution in [0.3, 0.4) is 0 Å². The van der Waals surface area contributed by atoms with Crippen molar-refractivity contribution in [1.82, 2.24) is 0 Å². The van der Waals surface area contributed by atoms with Gasteiger partial charge in [0.05, 0.1) is 0 Å². The Balaban J connectivity index is 1.54. The largest absolute Gasteiger partial charge is 0.322 e. The van der Waals surface area contributed by atoms with E-state index < -0.39 is 0 Å². The van der Waals surface area contributed by atoms with Crippen LogP contribution >= 0.6 is 0 Å². The summed E-state index contributed by atoms with van der Waals surface area (Å²) in [5.41, 5.74) is 3.51. The zero-order valence-electron chi connectivity index (χ0n) is 14.2. The molecule has 1 aliphatic heterocycles. The van der Waals surface area contributed by atoms with Crippen molar-refractivity contribution in [2.24, 2.45) is 5.92 Å². The summed E-state index contributed by atoms with van der Waals surface area (Å²) >= 11 is 0. The summed E-state index contributed by atoms with van der Waals surface area (Å²) in [5, 5.41) is 2.94. The molecule has 0 unspecified atom stereocenters. The normalized spacial score (nSPS) is 16.7. The smallest absolute Gasteiger partial charge is 0.255 e. The van der Waals surface area contributed by atoms with E-state index in [1.807, 2.05) is 41.3 Å². The maximum atomic E-state index is 12.8. The number of fused-ring (bicyclic) bond motifs is 1. The zero-order chi connectivity index (χ0) is 17.2. The van der Waals surface area contributed by atoms with Gasteiger partial charge in [0.15, 0.2) is 0 Å². The van der Waals surface area contributed by atoms with Gasteiger partial charge in [0, 0.05) is 29.4 Å². The van der Waals surface area contributed by atoms with Gasteiger partial charge in [0.1, 0.15) is 0 Å². The number of carbonyl (C=O) groups excluding carboxylic acids is 2. The van der Waals surface area contributed by atoms with Gasteiger partial charge in [-0.25, -0.2) is 0 Å². The molecule has 0 atom stereocenters. The average Bonchev–Trinajstić information content (AvgIpc) is 3.31. The number of nitrogens with one attached hydrogen (secondary N) is 1. The number of carbonyl (C=O) groups is 2. The summed E-state index contributed by atoms with van der Waals surface area (Å²) in [6.45, 7) is 0.751. The number of hydrogen-bond acceptors (Lipinski definition) is 2. The van der Waals surface area contributed by atoms with Crippen LogP contribution in [0, 0.1) is 5.92 Å². The van der Waals surface area contributed by atoms with Gasteiger partial charge in [-0.1, -0.05) is 37.1 Å². The first-order valence-corrected chi connectivity index (χ1v) is 9.03.